The van der Waals surface area contributed by atoms with Gasteiger partial charge in [-0.15, -0.1) is 12.4 Å². The Morgan fingerprint density at radius 3 is 3.00 bits per heavy atom. The number of rotatable bonds is 1. The Hall–Kier alpha value is -1.99. The van der Waals surface area contributed by atoms with E-state index in [0.717, 1.165) is 43.3 Å². The molecule has 4 aliphatic rings. The third-order valence-corrected chi connectivity index (χ3v) is 5.52. The third kappa shape index (κ3) is 2.45. The summed E-state index contributed by atoms with van der Waals surface area (Å²) in [7, 11) is 0. The number of halogens is 1. The highest BCUT2D eigenvalue weighted by molar-refractivity contribution is 6.09. The number of hydrogen-bond acceptors (Lipinski definition) is 6. The molecule has 1 amide bonds. The third-order valence-electron chi connectivity index (χ3n) is 5.52. The Labute approximate surface area is 152 Å². The molecule has 2 atom stereocenters. The standard InChI is InChI=1S/C17H21N5O2.ClH/c1-10-17(23)20-19-16-9-24-15-6-11-3-5-21(12-2-4-18-8-12)13(11)7-14(15)22(10)16;/h6-7,10,12,18H,2-5,8-9H2,1H3,(H,20,23);1H/t10-,12+;/m1./s1. The van der Waals surface area contributed by atoms with Gasteiger partial charge in [0, 0.05) is 24.8 Å². The maximum absolute atomic E-state index is 12.0. The molecule has 0 bridgehead atoms. The van der Waals surface area contributed by atoms with Crippen LogP contribution in [0, 0.1) is 0 Å². The summed E-state index contributed by atoms with van der Waals surface area (Å²) < 4.78 is 5.91. The number of anilines is 2. The number of nitrogens with one attached hydrogen (secondary N) is 2. The quantitative estimate of drug-likeness (QED) is 0.774. The van der Waals surface area contributed by atoms with Gasteiger partial charge in [-0.05, 0) is 44.0 Å². The van der Waals surface area contributed by atoms with Crippen molar-refractivity contribution in [2.24, 2.45) is 5.10 Å². The van der Waals surface area contributed by atoms with E-state index in [1.54, 1.807) is 0 Å². The highest BCUT2D eigenvalue weighted by Gasteiger charge is 2.37. The van der Waals surface area contributed by atoms with Crippen LogP contribution in [0.3, 0.4) is 0 Å². The van der Waals surface area contributed by atoms with Gasteiger partial charge < -0.3 is 19.9 Å². The number of carbonyl (C=O) groups is 1. The predicted molar refractivity (Wildman–Crippen MR) is 99.0 cm³/mol. The van der Waals surface area contributed by atoms with Crippen LogP contribution >= 0.6 is 12.4 Å². The minimum atomic E-state index is -0.277. The van der Waals surface area contributed by atoms with Crippen LogP contribution in [0.25, 0.3) is 0 Å². The normalized spacial score (nSPS) is 26.8. The fourth-order valence-electron chi connectivity index (χ4n) is 4.22. The Morgan fingerprint density at radius 1 is 1.32 bits per heavy atom. The molecule has 0 aliphatic carbocycles. The first kappa shape index (κ1) is 16.5. The van der Waals surface area contributed by atoms with E-state index < -0.39 is 0 Å². The van der Waals surface area contributed by atoms with Crippen LogP contribution in [0.5, 0.6) is 5.75 Å². The summed E-state index contributed by atoms with van der Waals surface area (Å²) in [6.07, 6.45) is 2.24. The maximum Gasteiger partial charge on any atom is 0.262 e. The van der Waals surface area contributed by atoms with Crippen LogP contribution in [-0.2, 0) is 11.2 Å². The van der Waals surface area contributed by atoms with Gasteiger partial charge in [-0.3, -0.25) is 4.79 Å². The van der Waals surface area contributed by atoms with Gasteiger partial charge in [0.2, 0.25) is 0 Å². The summed E-state index contributed by atoms with van der Waals surface area (Å²) >= 11 is 0. The van der Waals surface area contributed by atoms with E-state index in [0.29, 0.717) is 12.6 Å². The summed E-state index contributed by atoms with van der Waals surface area (Å²) in [5.74, 6) is 1.55. The molecule has 0 aromatic heterocycles. The molecule has 5 rings (SSSR count). The lowest BCUT2D eigenvalue weighted by molar-refractivity contribution is -0.122. The van der Waals surface area contributed by atoms with E-state index >= 15 is 0 Å². The summed E-state index contributed by atoms with van der Waals surface area (Å²) in [6.45, 7) is 5.49. The van der Waals surface area contributed by atoms with Gasteiger partial charge in [0.25, 0.3) is 5.91 Å². The van der Waals surface area contributed by atoms with E-state index in [1.165, 1.54) is 17.7 Å². The number of nitrogens with zero attached hydrogens (tertiary/aromatic N) is 3. The van der Waals surface area contributed by atoms with Crippen molar-refractivity contribution in [2.75, 3.05) is 36.0 Å². The van der Waals surface area contributed by atoms with Crippen molar-refractivity contribution in [2.45, 2.75) is 31.8 Å². The zero-order valence-corrected chi connectivity index (χ0v) is 14.9. The largest absolute Gasteiger partial charge is 0.483 e. The molecule has 7 nitrogen and oxygen atoms in total. The molecule has 134 valence electrons. The number of amidine groups is 1. The van der Waals surface area contributed by atoms with Crippen molar-refractivity contribution in [1.82, 2.24) is 10.7 Å². The number of benzene rings is 1. The highest BCUT2D eigenvalue weighted by Crippen LogP contribution is 2.43. The molecule has 1 aromatic rings. The van der Waals surface area contributed by atoms with Crippen LogP contribution in [-0.4, -0.2) is 50.1 Å². The molecular formula is C17H22ClN5O2. The topological polar surface area (TPSA) is 69.2 Å². The minimum Gasteiger partial charge on any atom is -0.483 e. The van der Waals surface area contributed by atoms with Crippen LogP contribution in [0.1, 0.15) is 18.9 Å². The SMILES string of the molecule is C[C@@H]1C(=O)NN=C2COc3cc4c(cc3N21)N([C@H]1CCNC1)CC4.Cl. The highest BCUT2D eigenvalue weighted by atomic mass is 35.5. The number of carbonyl (C=O) groups excluding carboxylic acids is 1. The van der Waals surface area contributed by atoms with E-state index in [1.807, 2.05) is 11.8 Å². The molecule has 0 saturated carbocycles. The second-order valence-electron chi connectivity index (χ2n) is 6.88. The molecule has 1 fully saturated rings. The van der Waals surface area contributed by atoms with Gasteiger partial charge >= 0.3 is 0 Å². The number of amides is 1. The number of fused-ring (bicyclic) bond motifs is 4. The predicted octanol–water partition coefficient (Wildman–Crippen LogP) is 0.863. The van der Waals surface area contributed by atoms with Crippen LogP contribution < -0.4 is 25.3 Å². The van der Waals surface area contributed by atoms with E-state index in [9.17, 15) is 4.79 Å². The molecule has 8 heteroatoms. The summed E-state index contributed by atoms with van der Waals surface area (Å²) in [6, 6.07) is 4.63. The minimum absolute atomic E-state index is 0. The van der Waals surface area contributed by atoms with Gasteiger partial charge in [-0.1, -0.05) is 0 Å². The monoisotopic (exact) mass is 363 g/mol. The maximum atomic E-state index is 12.0. The summed E-state index contributed by atoms with van der Waals surface area (Å²) in [4.78, 5) is 16.6. The average molecular weight is 364 g/mol. The summed E-state index contributed by atoms with van der Waals surface area (Å²) in [5, 5.41) is 7.62. The molecule has 4 heterocycles. The molecule has 25 heavy (non-hydrogen) atoms. The smallest absolute Gasteiger partial charge is 0.262 e. The molecule has 0 spiro atoms. The Balaban J connectivity index is 0.00000157. The van der Waals surface area contributed by atoms with Gasteiger partial charge in [0.1, 0.15) is 18.4 Å². The van der Waals surface area contributed by atoms with Crippen molar-refractivity contribution in [1.29, 1.82) is 0 Å². The first-order valence-corrected chi connectivity index (χ1v) is 8.65. The zero-order valence-electron chi connectivity index (χ0n) is 14.1. The lowest BCUT2D eigenvalue weighted by Gasteiger charge is -2.38. The van der Waals surface area contributed by atoms with Crippen LogP contribution in [0.15, 0.2) is 17.2 Å². The zero-order chi connectivity index (χ0) is 16.3. The average Bonchev–Trinajstić information content (AvgIpc) is 3.24. The van der Waals surface area contributed by atoms with Crippen molar-refractivity contribution < 1.29 is 9.53 Å². The Morgan fingerprint density at radius 2 is 2.20 bits per heavy atom. The van der Waals surface area contributed by atoms with Crippen LogP contribution in [0.4, 0.5) is 11.4 Å². The second kappa shape index (κ2) is 6.07. The molecule has 2 N–H and O–H groups in total. The number of hydrazone groups is 1. The molecule has 0 radical (unpaired) electrons. The summed E-state index contributed by atoms with van der Waals surface area (Å²) in [5.41, 5.74) is 6.16. The van der Waals surface area contributed by atoms with Crippen molar-refractivity contribution in [3.05, 3.63) is 17.7 Å². The fraction of sp³-hybridized carbons (Fsp3) is 0.529. The van der Waals surface area contributed by atoms with Gasteiger partial charge in [0.15, 0.2) is 5.84 Å². The first-order chi connectivity index (χ1) is 11.7. The second-order valence-corrected chi connectivity index (χ2v) is 6.88. The van der Waals surface area contributed by atoms with Gasteiger partial charge in [0.05, 0.1) is 5.69 Å². The van der Waals surface area contributed by atoms with E-state index in [2.05, 4.69) is 32.9 Å². The molecular weight excluding hydrogens is 342 g/mol. The first-order valence-electron chi connectivity index (χ1n) is 8.65. The van der Waals surface area contributed by atoms with Crippen molar-refractivity contribution in [3.8, 4) is 5.75 Å². The molecule has 0 unspecified atom stereocenters. The Kier molecular flexibility index (Phi) is 4.00. The number of ether oxygens (including phenoxy) is 1. The van der Waals surface area contributed by atoms with E-state index in [4.69, 9.17) is 4.74 Å². The van der Waals surface area contributed by atoms with Gasteiger partial charge in [-0.2, -0.15) is 5.10 Å². The Bertz CT molecular complexity index is 747. The number of hydrogen-bond donors (Lipinski definition) is 2. The molecule has 4 aliphatic heterocycles. The van der Waals surface area contributed by atoms with Gasteiger partial charge in [-0.25, -0.2) is 5.43 Å². The van der Waals surface area contributed by atoms with Crippen molar-refractivity contribution in [3.63, 3.8) is 0 Å². The lowest BCUT2D eigenvalue weighted by atomic mass is 10.1. The fourth-order valence-corrected chi connectivity index (χ4v) is 4.22. The van der Waals surface area contributed by atoms with Crippen molar-refractivity contribution >= 4 is 35.5 Å². The lowest BCUT2D eigenvalue weighted by Crippen LogP contribution is -2.55. The molecule has 1 saturated heterocycles. The van der Waals surface area contributed by atoms with Crippen LogP contribution in [0.2, 0.25) is 0 Å². The molecule has 1 aromatic carbocycles. The van der Waals surface area contributed by atoms with E-state index in [-0.39, 0.29) is 24.4 Å².